The number of halogens is 1. The standard InChI is InChI=1S/C28H26ClN5O4/c1-30-22-5-2-17(13-21(22)29)26(37)32-10-8-28(9-11-32)15-33(16-28)19-3-4-20-18(12-19)14-34(27(20)38)23-6-7-24(35)31-25(23)36/h2-5,12-13,23H,6-11,14-16H2,(H,31,35,36). The lowest BCUT2D eigenvalue weighted by Gasteiger charge is -2.55. The summed E-state index contributed by atoms with van der Waals surface area (Å²) in [6, 6.07) is 10.1. The maximum atomic E-state index is 13.0. The van der Waals surface area contributed by atoms with Crippen LogP contribution in [0.4, 0.5) is 11.4 Å². The van der Waals surface area contributed by atoms with Crippen molar-refractivity contribution in [2.45, 2.75) is 38.3 Å². The van der Waals surface area contributed by atoms with Gasteiger partial charge in [-0.1, -0.05) is 23.7 Å². The molecule has 4 amide bonds. The SMILES string of the molecule is [C-]#[N+]c1ccc(C(=O)N2CCC3(CC2)CN(c2ccc4c(c2)CN(C2CCC(=O)NC2=O)C4=O)C3)cc1Cl. The smallest absolute Gasteiger partial charge is 0.255 e. The number of piperidine rings is 2. The number of nitrogens with one attached hydrogen (secondary N) is 1. The first-order valence-electron chi connectivity index (χ1n) is 12.8. The summed E-state index contributed by atoms with van der Waals surface area (Å²) in [6.07, 6.45) is 2.42. The largest absolute Gasteiger partial charge is 0.370 e. The van der Waals surface area contributed by atoms with Crippen molar-refractivity contribution in [1.82, 2.24) is 15.1 Å². The first-order chi connectivity index (χ1) is 18.3. The van der Waals surface area contributed by atoms with E-state index in [1.165, 1.54) is 0 Å². The van der Waals surface area contributed by atoms with Crippen molar-refractivity contribution in [3.05, 3.63) is 69.5 Å². The normalized spacial score (nSPS) is 22.2. The summed E-state index contributed by atoms with van der Waals surface area (Å²) in [5.41, 5.74) is 3.59. The molecule has 4 heterocycles. The van der Waals surface area contributed by atoms with E-state index in [0.29, 0.717) is 47.9 Å². The van der Waals surface area contributed by atoms with Gasteiger partial charge in [-0.3, -0.25) is 24.5 Å². The molecule has 1 spiro atoms. The molecule has 1 N–H and O–H groups in total. The Balaban J connectivity index is 1.07. The fourth-order valence-electron chi connectivity index (χ4n) is 6.12. The predicted octanol–water partition coefficient (Wildman–Crippen LogP) is 3.39. The molecular formula is C28H26ClN5O4. The molecule has 0 aliphatic carbocycles. The van der Waals surface area contributed by atoms with Gasteiger partial charge in [-0.05, 0) is 49.1 Å². The lowest BCUT2D eigenvalue weighted by atomic mass is 9.71. The Bertz CT molecular complexity index is 1420. The molecule has 194 valence electrons. The van der Waals surface area contributed by atoms with Crippen LogP contribution < -0.4 is 10.2 Å². The van der Waals surface area contributed by atoms with E-state index in [1.54, 1.807) is 23.1 Å². The van der Waals surface area contributed by atoms with Crippen molar-refractivity contribution in [2.75, 3.05) is 31.1 Å². The molecule has 0 radical (unpaired) electrons. The van der Waals surface area contributed by atoms with Gasteiger partial charge >= 0.3 is 0 Å². The van der Waals surface area contributed by atoms with Gasteiger partial charge in [0.25, 0.3) is 11.8 Å². The lowest BCUT2D eigenvalue weighted by Crippen LogP contribution is -2.61. The van der Waals surface area contributed by atoms with E-state index in [4.69, 9.17) is 18.2 Å². The molecule has 2 aromatic carbocycles. The van der Waals surface area contributed by atoms with Crippen LogP contribution in [0.25, 0.3) is 4.85 Å². The van der Waals surface area contributed by atoms with Crippen LogP contribution in [0.2, 0.25) is 5.02 Å². The number of amides is 4. The Morgan fingerprint density at radius 3 is 2.53 bits per heavy atom. The summed E-state index contributed by atoms with van der Waals surface area (Å²) in [4.78, 5) is 58.8. The maximum Gasteiger partial charge on any atom is 0.255 e. The molecule has 0 bridgehead atoms. The van der Waals surface area contributed by atoms with E-state index in [-0.39, 0.29) is 29.6 Å². The van der Waals surface area contributed by atoms with Crippen LogP contribution in [0.5, 0.6) is 0 Å². The Morgan fingerprint density at radius 1 is 1.08 bits per heavy atom. The molecule has 4 aliphatic rings. The fraction of sp³-hybridized carbons (Fsp3) is 0.393. The highest BCUT2D eigenvalue weighted by Crippen LogP contribution is 2.44. The lowest BCUT2D eigenvalue weighted by molar-refractivity contribution is -0.136. The molecule has 9 nitrogen and oxygen atoms in total. The average Bonchev–Trinajstić information content (AvgIpc) is 3.22. The molecule has 3 saturated heterocycles. The van der Waals surface area contributed by atoms with Crippen LogP contribution in [0.3, 0.4) is 0 Å². The fourth-order valence-corrected chi connectivity index (χ4v) is 6.34. The number of benzene rings is 2. The van der Waals surface area contributed by atoms with Crippen LogP contribution >= 0.6 is 11.6 Å². The Kier molecular flexibility index (Phi) is 5.88. The van der Waals surface area contributed by atoms with Crippen molar-refractivity contribution < 1.29 is 19.2 Å². The predicted molar refractivity (Wildman–Crippen MR) is 140 cm³/mol. The van der Waals surface area contributed by atoms with Gasteiger partial charge < -0.3 is 14.7 Å². The van der Waals surface area contributed by atoms with E-state index in [2.05, 4.69) is 15.1 Å². The van der Waals surface area contributed by atoms with Crippen LogP contribution in [0.15, 0.2) is 36.4 Å². The maximum absolute atomic E-state index is 13.0. The number of rotatable bonds is 3. The number of nitrogens with zero attached hydrogens (tertiary/aromatic N) is 4. The molecule has 2 aromatic rings. The van der Waals surface area contributed by atoms with Gasteiger partial charge in [-0.25, -0.2) is 4.85 Å². The first-order valence-corrected chi connectivity index (χ1v) is 13.1. The van der Waals surface area contributed by atoms with Crippen LogP contribution in [-0.4, -0.2) is 65.6 Å². The molecule has 0 aromatic heterocycles. The second-order valence-corrected chi connectivity index (χ2v) is 11.1. The van der Waals surface area contributed by atoms with Gasteiger partial charge in [-0.15, -0.1) is 0 Å². The number of anilines is 1. The summed E-state index contributed by atoms with van der Waals surface area (Å²) in [7, 11) is 0. The summed E-state index contributed by atoms with van der Waals surface area (Å²) in [5.74, 6) is -0.915. The Hall–Kier alpha value is -3.90. The van der Waals surface area contributed by atoms with E-state index in [0.717, 1.165) is 37.2 Å². The Morgan fingerprint density at radius 2 is 1.84 bits per heavy atom. The van der Waals surface area contributed by atoms with Gasteiger partial charge in [0, 0.05) is 66.4 Å². The molecule has 4 aliphatic heterocycles. The summed E-state index contributed by atoms with van der Waals surface area (Å²) < 4.78 is 0. The van der Waals surface area contributed by atoms with Crippen LogP contribution in [0, 0.1) is 12.0 Å². The zero-order valence-electron chi connectivity index (χ0n) is 20.7. The van der Waals surface area contributed by atoms with E-state index in [1.807, 2.05) is 23.1 Å². The zero-order chi connectivity index (χ0) is 26.6. The van der Waals surface area contributed by atoms with Crippen molar-refractivity contribution in [1.29, 1.82) is 0 Å². The van der Waals surface area contributed by atoms with Gasteiger partial charge in [0.1, 0.15) is 6.04 Å². The average molecular weight is 532 g/mol. The summed E-state index contributed by atoms with van der Waals surface area (Å²) in [6.45, 7) is 10.6. The van der Waals surface area contributed by atoms with Crippen molar-refractivity contribution in [3.8, 4) is 0 Å². The third kappa shape index (κ3) is 4.09. The molecule has 38 heavy (non-hydrogen) atoms. The van der Waals surface area contributed by atoms with E-state index < -0.39 is 11.9 Å². The Labute approximate surface area is 225 Å². The molecular weight excluding hydrogens is 506 g/mol. The minimum Gasteiger partial charge on any atom is -0.370 e. The second kappa shape index (κ2) is 9.14. The molecule has 0 saturated carbocycles. The molecule has 1 atom stereocenters. The van der Waals surface area contributed by atoms with Crippen LogP contribution in [0.1, 0.15) is 52.0 Å². The quantitative estimate of drug-likeness (QED) is 0.484. The minimum absolute atomic E-state index is 0.0571. The van der Waals surface area contributed by atoms with Crippen LogP contribution in [-0.2, 0) is 16.1 Å². The molecule has 3 fully saturated rings. The number of hydrogen-bond acceptors (Lipinski definition) is 5. The highest BCUT2D eigenvalue weighted by atomic mass is 35.5. The highest BCUT2D eigenvalue weighted by molar-refractivity contribution is 6.33. The summed E-state index contributed by atoms with van der Waals surface area (Å²) >= 11 is 6.12. The van der Waals surface area contributed by atoms with Crippen molar-refractivity contribution in [2.24, 2.45) is 5.41 Å². The number of fused-ring (bicyclic) bond motifs is 1. The topological polar surface area (TPSA) is 94.4 Å². The highest BCUT2D eigenvalue weighted by Gasteiger charge is 2.46. The minimum atomic E-state index is -0.613. The summed E-state index contributed by atoms with van der Waals surface area (Å²) in [5, 5.41) is 2.64. The van der Waals surface area contributed by atoms with Crippen molar-refractivity contribution in [3.63, 3.8) is 0 Å². The number of likely N-dealkylation sites (tertiary alicyclic amines) is 1. The second-order valence-electron chi connectivity index (χ2n) is 10.7. The third-order valence-corrected chi connectivity index (χ3v) is 8.65. The monoisotopic (exact) mass is 531 g/mol. The zero-order valence-corrected chi connectivity index (χ0v) is 21.5. The molecule has 6 rings (SSSR count). The van der Waals surface area contributed by atoms with Gasteiger partial charge in [0.2, 0.25) is 17.5 Å². The van der Waals surface area contributed by atoms with Gasteiger partial charge in [0.15, 0.2) is 0 Å². The van der Waals surface area contributed by atoms with Gasteiger partial charge in [0.05, 0.1) is 6.57 Å². The van der Waals surface area contributed by atoms with E-state index >= 15 is 0 Å². The number of hydrogen-bond donors (Lipinski definition) is 1. The first kappa shape index (κ1) is 24.4. The molecule has 1 unspecified atom stereocenters. The van der Waals surface area contributed by atoms with E-state index in [9.17, 15) is 19.2 Å². The third-order valence-electron chi connectivity index (χ3n) is 8.35. The number of imide groups is 1. The van der Waals surface area contributed by atoms with Gasteiger partial charge in [-0.2, -0.15) is 0 Å². The molecule has 10 heteroatoms. The van der Waals surface area contributed by atoms with Crippen molar-refractivity contribution >= 4 is 46.6 Å². The number of carbonyl (C=O) groups excluding carboxylic acids is 4. The number of carbonyl (C=O) groups is 4.